The molecule has 1 nitrogen and oxygen atoms in total. The van der Waals surface area contributed by atoms with Gasteiger partial charge in [-0.1, -0.05) is 82.9 Å². The van der Waals surface area contributed by atoms with Gasteiger partial charge in [-0.05, 0) is 73.2 Å². The minimum absolute atomic E-state index is 0.266. The van der Waals surface area contributed by atoms with E-state index >= 15 is 0 Å². The van der Waals surface area contributed by atoms with Gasteiger partial charge in [-0.25, -0.2) is 0 Å². The highest BCUT2D eigenvalue weighted by Gasteiger charge is 2.17. The van der Waals surface area contributed by atoms with E-state index in [9.17, 15) is 4.79 Å². The van der Waals surface area contributed by atoms with Crippen molar-refractivity contribution in [3.63, 3.8) is 0 Å². The van der Waals surface area contributed by atoms with Crippen molar-refractivity contribution in [3.8, 4) is 0 Å². The van der Waals surface area contributed by atoms with Crippen LogP contribution in [0.4, 0.5) is 0 Å². The Bertz CT molecular complexity index is 1060. The molecule has 0 saturated carbocycles. The third-order valence-electron chi connectivity index (χ3n) is 6.29. The summed E-state index contributed by atoms with van der Waals surface area (Å²) in [7, 11) is 0. The lowest BCUT2D eigenvalue weighted by Gasteiger charge is -2.15. The van der Waals surface area contributed by atoms with Crippen LogP contribution in [-0.2, 0) is 17.6 Å². The van der Waals surface area contributed by atoms with Gasteiger partial charge in [0.2, 0.25) is 0 Å². The molecular formula is C29H28Cl2O. The van der Waals surface area contributed by atoms with Crippen LogP contribution in [0.25, 0.3) is 0 Å². The van der Waals surface area contributed by atoms with Gasteiger partial charge in [0.15, 0.2) is 0 Å². The smallest absolute Gasteiger partial charge is 0.133 e. The van der Waals surface area contributed by atoms with Gasteiger partial charge in [0.1, 0.15) is 5.78 Å². The van der Waals surface area contributed by atoms with Crippen molar-refractivity contribution in [1.82, 2.24) is 0 Å². The molecule has 0 aromatic heterocycles. The first-order chi connectivity index (χ1) is 15.4. The standard InChI is InChI=1S/C29H28Cl2O/c1-19-3-5-21(15-19)28-13-9-25(30)17-23(28)7-11-27(32)12-8-24-18-26(31)10-14-29(24)22-6-4-20(2)16-22/h3-6,9-10,13-18,21-22H,7-8,11-12H2,1-2H3. The van der Waals surface area contributed by atoms with E-state index in [2.05, 4.69) is 62.4 Å². The maximum Gasteiger partial charge on any atom is 0.133 e. The van der Waals surface area contributed by atoms with E-state index in [0.29, 0.717) is 25.7 Å². The minimum Gasteiger partial charge on any atom is -0.300 e. The summed E-state index contributed by atoms with van der Waals surface area (Å²) < 4.78 is 0. The molecule has 164 valence electrons. The number of carbonyl (C=O) groups is 1. The number of benzene rings is 2. The van der Waals surface area contributed by atoms with E-state index in [1.807, 2.05) is 24.3 Å². The second-order valence-electron chi connectivity index (χ2n) is 8.82. The lowest BCUT2D eigenvalue weighted by Crippen LogP contribution is -2.06. The first-order valence-electron chi connectivity index (χ1n) is 11.2. The number of hydrogen-bond donors (Lipinski definition) is 0. The zero-order valence-electron chi connectivity index (χ0n) is 18.6. The summed E-state index contributed by atoms with van der Waals surface area (Å²) in [5.41, 5.74) is 7.33. The summed E-state index contributed by atoms with van der Waals surface area (Å²) >= 11 is 12.5. The van der Waals surface area contributed by atoms with Gasteiger partial charge in [-0.15, -0.1) is 0 Å². The maximum atomic E-state index is 12.8. The van der Waals surface area contributed by atoms with Gasteiger partial charge in [0.05, 0.1) is 0 Å². The quantitative estimate of drug-likeness (QED) is 0.385. The number of ketones is 1. The van der Waals surface area contributed by atoms with Crippen LogP contribution in [0.3, 0.4) is 0 Å². The Morgan fingerprint density at radius 1 is 0.750 bits per heavy atom. The second-order valence-corrected chi connectivity index (χ2v) is 9.69. The topological polar surface area (TPSA) is 17.1 Å². The highest BCUT2D eigenvalue weighted by atomic mass is 35.5. The highest BCUT2D eigenvalue weighted by Crippen LogP contribution is 2.33. The van der Waals surface area contributed by atoms with Gasteiger partial charge in [0, 0.05) is 34.7 Å². The summed E-state index contributed by atoms with van der Waals surface area (Å²) in [6, 6.07) is 12.1. The van der Waals surface area contributed by atoms with E-state index in [1.165, 1.54) is 22.3 Å². The lowest BCUT2D eigenvalue weighted by atomic mass is 9.90. The van der Waals surface area contributed by atoms with Crippen molar-refractivity contribution >= 4 is 29.0 Å². The monoisotopic (exact) mass is 462 g/mol. The normalized spacial score (nSPS) is 19.4. The van der Waals surface area contributed by atoms with Crippen molar-refractivity contribution in [3.05, 3.63) is 116 Å². The third kappa shape index (κ3) is 5.52. The molecule has 2 atom stereocenters. The minimum atomic E-state index is 0.266. The van der Waals surface area contributed by atoms with Crippen LogP contribution in [0, 0.1) is 0 Å². The largest absolute Gasteiger partial charge is 0.300 e. The van der Waals surface area contributed by atoms with E-state index in [-0.39, 0.29) is 17.6 Å². The zero-order chi connectivity index (χ0) is 22.7. The predicted molar refractivity (Wildman–Crippen MR) is 136 cm³/mol. The molecule has 0 spiro atoms. The van der Waals surface area contributed by atoms with Crippen LogP contribution in [0.2, 0.25) is 10.0 Å². The van der Waals surface area contributed by atoms with Gasteiger partial charge in [-0.2, -0.15) is 0 Å². The molecule has 32 heavy (non-hydrogen) atoms. The van der Waals surface area contributed by atoms with Crippen molar-refractivity contribution in [2.75, 3.05) is 0 Å². The van der Waals surface area contributed by atoms with E-state index in [0.717, 1.165) is 21.2 Å². The van der Waals surface area contributed by atoms with Gasteiger partial charge in [-0.3, -0.25) is 4.79 Å². The molecule has 3 heteroatoms. The Hall–Kier alpha value is -2.35. The lowest BCUT2D eigenvalue weighted by molar-refractivity contribution is -0.119. The van der Waals surface area contributed by atoms with E-state index in [4.69, 9.17) is 23.2 Å². The molecule has 0 radical (unpaired) electrons. The van der Waals surface area contributed by atoms with Crippen molar-refractivity contribution in [1.29, 1.82) is 0 Å². The number of carbonyl (C=O) groups excluding carboxylic acids is 1. The average Bonchev–Trinajstić information content (AvgIpc) is 3.39. The molecule has 0 heterocycles. The molecule has 0 bridgehead atoms. The number of hydrogen-bond acceptors (Lipinski definition) is 1. The molecule has 0 saturated heterocycles. The van der Waals surface area contributed by atoms with Crippen molar-refractivity contribution < 1.29 is 4.79 Å². The van der Waals surface area contributed by atoms with Crippen LogP contribution in [0.1, 0.15) is 60.8 Å². The first-order valence-corrected chi connectivity index (χ1v) is 12.0. The van der Waals surface area contributed by atoms with Crippen LogP contribution in [0.5, 0.6) is 0 Å². The number of rotatable bonds is 8. The second kappa shape index (κ2) is 10.1. The molecule has 0 fully saturated rings. The number of allylic oxidation sites excluding steroid dienone is 8. The zero-order valence-corrected chi connectivity index (χ0v) is 20.1. The van der Waals surface area contributed by atoms with Gasteiger partial charge in [0.25, 0.3) is 0 Å². The maximum absolute atomic E-state index is 12.8. The number of halogens is 2. The Morgan fingerprint density at radius 3 is 1.56 bits per heavy atom. The molecule has 2 aliphatic rings. The van der Waals surface area contributed by atoms with Crippen LogP contribution < -0.4 is 0 Å². The van der Waals surface area contributed by atoms with Crippen LogP contribution >= 0.6 is 23.2 Å². The number of aryl methyl sites for hydroxylation is 2. The molecule has 2 aromatic rings. The summed E-state index contributed by atoms with van der Waals surface area (Å²) in [4.78, 5) is 12.8. The summed E-state index contributed by atoms with van der Waals surface area (Å²) in [6.45, 7) is 4.22. The van der Waals surface area contributed by atoms with E-state index in [1.54, 1.807) is 0 Å². The molecule has 0 aliphatic heterocycles. The molecular weight excluding hydrogens is 435 g/mol. The molecule has 4 rings (SSSR count). The first kappa shape index (κ1) is 22.8. The summed E-state index contributed by atoms with van der Waals surface area (Å²) in [5, 5.41) is 1.44. The SMILES string of the molecule is CC1=CC(c2ccc(Cl)cc2CCC(=O)CCc2cc(Cl)ccc2C2C=CC(C)=C2)C=C1. The van der Waals surface area contributed by atoms with Crippen molar-refractivity contribution in [2.45, 2.75) is 51.4 Å². The Kier molecular flexibility index (Phi) is 7.18. The predicted octanol–water partition coefficient (Wildman–Crippen LogP) is 8.33. The molecule has 0 amide bonds. The fourth-order valence-electron chi connectivity index (χ4n) is 4.59. The Morgan fingerprint density at radius 2 is 1.19 bits per heavy atom. The molecule has 2 aromatic carbocycles. The van der Waals surface area contributed by atoms with Crippen LogP contribution in [0.15, 0.2) is 84.0 Å². The Labute approximate surface area is 201 Å². The van der Waals surface area contributed by atoms with Gasteiger partial charge >= 0.3 is 0 Å². The summed E-state index contributed by atoms with van der Waals surface area (Å²) in [5.74, 6) is 0.800. The fraction of sp³-hybridized carbons (Fsp3) is 0.276. The molecule has 2 unspecified atom stereocenters. The highest BCUT2D eigenvalue weighted by molar-refractivity contribution is 6.31. The van der Waals surface area contributed by atoms with Gasteiger partial charge < -0.3 is 0 Å². The van der Waals surface area contributed by atoms with Crippen molar-refractivity contribution in [2.24, 2.45) is 0 Å². The Balaban J connectivity index is 1.41. The number of Topliss-reactive ketones (excluding diaryl/α,β-unsaturated/α-hetero) is 1. The average molecular weight is 463 g/mol. The van der Waals surface area contributed by atoms with Crippen LogP contribution in [-0.4, -0.2) is 5.78 Å². The molecule has 2 aliphatic carbocycles. The fourth-order valence-corrected chi connectivity index (χ4v) is 4.98. The van der Waals surface area contributed by atoms with E-state index < -0.39 is 0 Å². The summed E-state index contributed by atoms with van der Waals surface area (Å²) in [6.07, 6.45) is 15.7. The molecule has 0 N–H and O–H groups in total. The third-order valence-corrected chi connectivity index (χ3v) is 6.76.